The van der Waals surface area contributed by atoms with E-state index in [-0.39, 0.29) is 11.5 Å². The Balaban J connectivity index is 1.33. The Labute approximate surface area is 153 Å². The van der Waals surface area contributed by atoms with Crippen molar-refractivity contribution in [2.45, 2.75) is 32.3 Å². The quantitative estimate of drug-likeness (QED) is 0.893. The number of ether oxygens (including phenoxy) is 1. The van der Waals surface area contributed by atoms with E-state index in [1.54, 1.807) is 6.20 Å². The zero-order valence-corrected chi connectivity index (χ0v) is 15.3. The van der Waals surface area contributed by atoms with Gasteiger partial charge in [-0.15, -0.1) is 0 Å². The number of likely N-dealkylation sites (tertiary alicyclic amines) is 1. The number of rotatable bonds is 5. The molecule has 1 atom stereocenters. The molecule has 2 saturated heterocycles. The number of hydrogen-bond acceptors (Lipinski definition) is 5. The number of anilines is 1. The number of pyridine rings is 1. The van der Waals surface area contributed by atoms with Gasteiger partial charge in [-0.3, -0.25) is 4.79 Å². The number of hydrogen-bond donors (Lipinski definition) is 1. The van der Waals surface area contributed by atoms with E-state index in [1.165, 1.54) is 0 Å². The van der Waals surface area contributed by atoms with E-state index in [9.17, 15) is 4.79 Å². The van der Waals surface area contributed by atoms with Crippen molar-refractivity contribution in [2.24, 2.45) is 5.92 Å². The van der Waals surface area contributed by atoms with Crippen LogP contribution in [0.2, 0.25) is 0 Å². The molecule has 0 saturated carbocycles. The Hall–Kier alpha value is -2.34. The number of nitrogens with one attached hydrogen (secondary N) is 1. The van der Waals surface area contributed by atoms with Crippen LogP contribution in [0.5, 0.6) is 0 Å². The lowest BCUT2D eigenvalue weighted by molar-refractivity contribution is -0.117. The van der Waals surface area contributed by atoms with Crippen molar-refractivity contribution >= 4 is 11.7 Å². The first-order chi connectivity index (χ1) is 12.6. The van der Waals surface area contributed by atoms with Crippen LogP contribution >= 0.6 is 0 Å². The standard InChI is InChI=1S/C20H25N3O3/c1-14-11-17(15(2)26-14)19(24)23-12-20(13-23)16(7-10-25-20)6-9-22-18-5-3-4-8-21-18/h3-5,8,11,16H,6-7,9-10,12-13H2,1-2H3,(H,21,22)/t16-/m0/s1. The van der Waals surface area contributed by atoms with Crippen LogP contribution in [0.4, 0.5) is 5.82 Å². The lowest BCUT2D eigenvalue weighted by atomic mass is 9.78. The van der Waals surface area contributed by atoms with Gasteiger partial charge in [-0.05, 0) is 50.8 Å². The van der Waals surface area contributed by atoms with Crippen molar-refractivity contribution < 1.29 is 13.9 Å². The summed E-state index contributed by atoms with van der Waals surface area (Å²) in [4.78, 5) is 18.9. The van der Waals surface area contributed by atoms with Gasteiger partial charge in [0.25, 0.3) is 5.91 Å². The molecule has 0 aromatic carbocycles. The summed E-state index contributed by atoms with van der Waals surface area (Å²) >= 11 is 0. The van der Waals surface area contributed by atoms with Gasteiger partial charge in [0.2, 0.25) is 0 Å². The fraction of sp³-hybridized carbons (Fsp3) is 0.500. The average Bonchev–Trinajstić information content (AvgIpc) is 3.17. The van der Waals surface area contributed by atoms with Crippen molar-refractivity contribution in [2.75, 3.05) is 31.6 Å². The Morgan fingerprint density at radius 3 is 2.92 bits per heavy atom. The first-order valence-electron chi connectivity index (χ1n) is 9.22. The van der Waals surface area contributed by atoms with Crippen LogP contribution in [0, 0.1) is 19.8 Å². The summed E-state index contributed by atoms with van der Waals surface area (Å²) in [6.45, 7) is 6.69. The van der Waals surface area contributed by atoms with Crippen molar-refractivity contribution in [3.63, 3.8) is 0 Å². The summed E-state index contributed by atoms with van der Waals surface area (Å²) in [7, 11) is 0. The molecule has 4 heterocycles. The van der Waals surface area contributed by atoms with E-state index in [0.717, 1.165) is 37.6 Å². The third-order valence-electron chi connectivity index (χ3n) is 5.54. The second-order valence-electron chi connectivity index (χ2n) is 7.32. The van der Waals surface area contributed by atoms with Crippen molar-refractivity contribution in [1.82, 2.24) is 9.88 Å². The molecule has 26 heavy (non-hydrogen) atoms. The lowest BCUT2D eigenvalue weighted by Crippen LogP contribution is -2.66. The number of carbonyl (C=O) groups excluding carboxylic acids is 1. The van der Waals surface area contributed by atoms with Crippen molar-refractivity contribution in [3.05, 3.63) is 47.5 Å². The summed E-state index contributed by atoms with van der Waals surface area (Å²) in [6.07, 6.45) is 3.86. The Morgan fingerprint density at radius 2 is 2.23 bits per heavy atom. The number of carbonyl (C=O) groups is 1. The van der Waals surface area contributed by atoms with Gasteiger partial charge in [-0.25, -0.2) is 4.98 Å². The summed E-state index contributed by atoms with van der Waals surface area (Å²) < 4.78 is 11.6. The molecule has 1 amide bonds. The summed E-state index contributed by atoms with van der Waals surface area (Å²) in [6, 6.07) is 7.69. The number of amides is 1. The van der Waals surface area contributed by atoms with E-state index < -0.39 is 0 Å². The zero-order chi connectivity index (χ0) is 18.1. The zero-order valence-electron chi connectivity index (χ0n) is 15.3. The van der Waals surface area contributed by atoms with Crippen LogP contribution in [-0.4, -0.2) is 47.6 Å². The van der Waals surface area contributed by atoms with Gasteiger partial charge in [0, 0.05) is 19.3 Å². The number of nitrogens with zero attached hydrogens (tertiary/aromatic N) is 2. The van der Waals surface area contributed by atoms with Crippen molar-refractivity contribution in [3.8, 4) is 0 Å². The van der Waals surface area contributed by atoms with Crippen LogP contribution in [0.25, 0.3) is 0 Å². The third kappa shape index (κ3) is 3.09. The van der Waals surface area contributed by atoms with Crippen LogP contribution in [-0.2, 0) is 4.74 Å². The monoisotopic (exact) mass is 355 g/mol. The van der Waals surface area contributed by atoms with Gasteiger partial charge >= 0.3 is 0 Å². The maximum atomic E-state index is 12.7. The summed E-state index contributed by atoms with van der Waals surface area (Å²) in [5, 5.41) is 3.37. The molecule has 0 radical (unpaired) electrons. The van der Waals surface area contributed by atoms with Gasteiger partial charge in [0.15, 0.2) is 0 Å². The SMILES string of the molecule is Cc1cc(C(=O)N2CC3(C2)OCC[C@@H]3CCNc2ccccn2)c(C)o1. The molecule has 4 rings (SSSR count). The van der Waals surface area contributed by atoms with E-state index >= 15 is 0 Å². The highest BCUT2D eigenvalue weighted by atomic mass is 16.5. The molecular weight excluding hydrogens is 330 g/mol. The maximum Gasteiger partial charge on any atom is 0.257 e. The third-order valence-corrected chi connectivity index (χ3v) is 5.54. The summed E-state index contributed by atoms with van der Waals surface area (Å²) in [5.41, 5.74) is 0.498. The van der Waals surface area contributed by atoms with Gasteiger partial charge in [0.05, 0.1) is 18.7 Å². The number of furan rings is 1. The molecule has 1 spiro atoms. The molecule has 2 aromatic rings. The van der Waals surface area contributed by atoms with Gasteiger partial charge in [-0.1, -0.05) is 6.07 Å². The Morgan fingerprint density at radius 1 is 1.38 bits per heavy atom. The van der Waals surface area contributed by atoms with E-state index in [1.807, 2.05) is 43.0 Å². The second kappa shape index (κ2) is 6.76. The van der Waals surface area contributed by atoms with Gasteiger partial charge in [-0.2, -0.15) is 0 Å². The number of aryl methyl sites for hydroxylation is 2. The molecular formula is C20H25N3O3. The molecule has 2 fully saturated rings. The smallest absolute Gasteiger partial charge is 0.257 e. The molecule has 0 bridgehead atoms. The fourth-order valence-corrected chi connectivity index (χ4v) is 4.14. The molecule has 6 nitrogen and oxygen atoms in total. The minimum absolute atomic E-state index is 0.0471. The van der Waals surface area contributed by atoms with Crippen LogP contribution < -0.4 is 5.32 Å². The normalized spacial score (nSPS) is 21.0. The topological polar surface area (TPSA) is 67.6 Å². The van der Waals surface area contributed by atoms with Gasteiger partial charge in [0.1, 0.15) is 22.9 Å². The fourth-order valence-electron chi connectivity index (χ4n) is 4.14. The molecule has 0 aliphatic carbocycles. The first kappa shape index (κ1) is 17.1. The van der Waals surface area contributed by atoms with Gasteiger partial charge < -0.3 is 19.4 Å². The van der Waals surface area contributed by atoms with Crippen LogP contribution in [0.15, 0.2) is 34.9 Å². The van der Waals surface area contributed by atoms with Crippen LogP contribution in [0.1, 0.15) is 34.7 Å². The van der Waals surface area contributed by atoms with E-state index in [4.69, 9.17) is 9.15 Å². The molecule has 6 heteroatoms. The predicted octanol–water partition coefficient (Wildman–Crippen LogP) is 3.02. The Kier molecular flexibility index (Phi) is 4.44. The molecule has 1 N–H and O–H groups in total. The van der Waals surface area contributed by atoms with E-state index in [0.29, 0.717) is 30.3 Å². The first-order valence-corrected chi connectivity index (χ1v) is 9.22. The second-order valence-corrected chi connectivity index (χ2v) is 7.32. The van der Waals surface area contributed by atoms with E-state index in [2.05, 4.69) is 10.3 Å². The molecule has 2 aliphatic rings. The molecule has 138 valence electrons. The highest BCUT2D eigenvalue weighted by molar-refractivity contribution is 5.96. The summed E-state index contributed by atoms with van der Waals surface area (Å²) in [5.74, 6) is 2.88. The molecule has 0 unspecified atom stereocenters. The average molecular weight is 355 g/mol. The largest absolute Gasteiger partial charge is 0.466 e. The minimum Gasteiger partial charge on any atom is -0.466 e. The lowest BCUT2D eigenvalue weighted by Gasteiger charge is -2.50. The minimum atomic E-state index is -0.172. The molecule has 2 aromatic heterocycles. The van der Waals surface area contributed by atoms with Crippen LogP contribution in [0.3, 0.4) is 0 Å². The predicted molar refractivity (Wildman–Crippen MR) is 98.2 cm³/mol. The maximum absolute atomic E-state index is 12.7. The number of aromatic nitrogens is 1. The van der Waals surface area contributed by atoms with Crippen molar-refractivity contribution in [1.29, 1.82) is 0 Å². The molecule has 2 aliphatic heterocycles. The highest BCUT2D eigenvalue weighted by Crippen LogP contribution is 2.42. The highest BCUT2D eigenvalue weighted by Gasteiger charge is 2.54. The Bertz CT molecular complexity index is 781.